The van der Waals surface area contributed by atoms with E-state index in [4.69, 9.17) is 4.74 Å². The lowest BCUT2D eigenvalue weighted by atomic mass is 10.0. The summed E-state index contributed by atoms with van der Waals surface area (Å²) in [6, 6.07) is 1.23. The maximum atomic E-state index is 11.8. The van der Waals surface area contributed by atoms with Gasteiger partial charge in [-0.05, 0) is 65.0 Å². The van der Waals surface area contributed by atoms with Crippen LogP contribution in [0.2, 0.25) is 0 Å². The van der Waals surface area contributed by atoms with Crippen molar-refractivity contribution in [3.63, 3.8) is 0 Å². The zero-order valence-electron chi connectivity index (χ0n) is 14.5. The molecule has 0 bridgehead atoms. The summed E-state index contributed by atoms with van der Waals surface area (Å²) in [5, 5.41) is 7.64. The molecule has 1 amide bonds. The Bertz CT molecular complexity index is 370. The first-order chi connectivity index (χ1) is 10.4. The van der Waals surface area contributed by atoms with Crippen LogP contribution < -0.4 is 10.6 Å². The van der Waals surface area contributed by atoms with Crippen molar-refractivity contribution >= 4 is 17.9 Å². The van der Waals surface area contributed by atoms with Crippen LogP contribution >= 0.6 is 11.8 Å². The van der Waals surface area contributed by atoms with Gasteiger partial charge in [-0.15, -0.1) is 0 Å². The molecular weight excluding hydrogens is 296 g/mol. The van der Waals surface area contributed by atoms with Gasteiger partial charge in [-0.2, -0.15) is 11.8 Å². The Morgan fingerprint density at radius 1 is 1.23 bits per heavy atom. The summed E-state index contributed by atoms with van der Waals surface area (Å²) in [6.07, 6.45) is 9.56. The molecular formula is C17H32N2O2S. The van der Waals surface area contributed by atoms with Crippen molar-refractivity contribution in [2.75, 3.05) is 12.8 Å². The molecule has 4 unspecified atom stereocenters. The van der Waals surface area contributed by atoms with Gasteiger partial charge >= 0.3 is 6.09 Å². The van der Waals surface area contributed by atoms with Gasteiger partial charge in [0.05, 0.1) is 0 Å². The van der Waals surface area contributed by atoms with E-state index in [1.165, 1.54) is 38.5 Å². The molecule has 22 heavy (non-hydrogen) atoms. The minimum atomic E-state index is -0.423. The van der Waals surface area contributed by atoms with E-state index in [9.17, 15) is 4.79 Å². The minimum absolute atomic E-state index is 0.290. The quantitative estimate of drug-likeness (QED) is 0.810. The molecule has 2 saturated carbocycles. The molecule has 128 valence electrons. The Balaban J connectivity index is 1.73. The zero-order chi connectivity index (χ0) is 16.2. The van der Waals surface area contributed by atoms with Gasteiger partial charge in [-0.25, -0.2) is 4.79 Å². The smallest absolute Gasteiger partial charge is 0.407 e. The van der Waals surface area contributed by atoms with E-state index >= 15 is 0 Å². The van der Waals surface area contributed by atoms with Gasteiger partial charge in [0.2, 0.25) is 0 Å². The number of thioether (sulfide) groups is 1. The van der Waals surface area contributed by atoms with Crippen LogP contribution in [0.15, 0.2) is 0 Å². The van der Waals surface area contributed by atoms with Crippen molar-refractivity contribution in [2.45, 2.75) is 82.2 Å². The second-order valence-corrected chi connectivity index (χ2v) is 8.85. The number of hydrogen-bond donors (Lipinski definition) is 2. The fourth-order valence-corrected chi connectivity index (χ4v) is 4.43. The number of hydrogen-bond acceptors (Lipinski definition) is 4. The second-order valence-electron chi connectivity index (χ2n) is 7.71. The molecule has 4 nitrogen and oxygen atoms in total. The van der Waals surface area contributed by atoms with Gasteiger partial charge in [-0.3, -0.25) is 0 Å². The number of rotatable bonds is 5. The third kappa shape index (κ3) is 5.65. The number of nitrogens with one attached hydrogen (secondary N) is 2. The number of amides is 1. The van der Waals surface area contributed by atoms with Gasteiger partial charge in [-0.1, -0.05) is 6.42 Å². The lowest BCUT2D eigenvalue weighted by molar-refractivity contribution is 0.0517. The largest absolute Gasteiger partial charge is 0.444 e. The third-order valence-corrected chi connectivity index (χ3v) is 5.83. The van der Waals surface area contributed by atoms with Crippen molar-refractivity contribution < 1.29 is 9.53 Å². The van der Waals surface area contributed by atoms with E-state index < -0.39 is 5.60 Å². The van der Waals surface area contributed by atoms with Crippen LogP contribution in [-0.2, 0) is 4.74 Å². The lowest BCUT2D eigenvalue weighted by Crippen LogP contribution is -2.44. The van der Waals surface area contributed by atoms with E-state index in [-0.39, 0.29) is 6.09 Å². The molecule has 0 saturated heterocycles. The lowest BCUT2D eigenvalue weighted by Gasteiger charge is -2.26. The molecule has 0 aromatic rings. The summed E-state index contributed by atoms with van der Waals surface area (Å²) in [6.45, 7) is 6.42. The highest BCUT2D eigenvalue weighted by Gasteiger charge is 2.32. The molecule has 0 aromatic heterocycles. The van der Waals surface area contributed by atoms with E-state index in [2.05, 4.69) is 16.9 Å². The monoisotopic (exact) mass is 328 g/mol. The van der Waals surface area contributed by atoms with Gasteiger partial charge in [0, 0.05) is 23.9 Å². The van der Waals surface area contributed by atoms with Gasteiger partial charge in [0.25, 0.3) is 0 Å². The molecule has 0 heterocycles. The van der Waals surface area contributed by atoms with Gasteiger partial charge in [0.15, 0.2) is 0 Å². The summed E-state index contributed by atoms with van der Waals surface area (Å²) < 4.78 is 5.32. The average molecular weight is 329 g/mol. The fourth-order valence-electron chi connectivity index (χ4n) is 3.64. The van der Waals surface area contributed by atoms with Crippen molar-refractivity contribution in [3.05, 3.63) is 0 Å². The molecule has 4 atom stereocenters. The predicted octanol–water partition coefficient (Wildman–Crippen LogP) is 3.55. The standard InChI is InChI=1S/C17H32N2O2S/c1-17(2,3)21-16(20)18-11-12-6-5-7-15(12)19-13-8-9-14(10-13)22-4/h12-15,19H,5-11H2,1-4H3,(H,18,20). The van der Waals surface area contributed by atoms with Crippen LogP contribution in [0.4, 0.5) is 4.79 Å². The Labute approximate surface area is 139 Å². The SMILES string of the molecule is CSC1CCC(NC2CCCC2CNC(=O)OC(C)(C)C)C1. The summed E-state index contributed by atoms with van der Waals surface area (Å²) >= 11 is 2.00. The van der Waals surface area contributed by atoms with Gasteiger partial charge < -0.3 is 15.4 Å². The highest BCUT2D eigenvalue weighted by atomic mass is 32.2. The van der Waals surface area contributed by atoms with E-state index in [1.807, 2.05) is 32.5 Å². The van der Waals surface area contributed by atoms with Crippen LogP contribution in [-0.4, -0.2) is 41.8 Å². The maximum absolute atomic E-state index is 11.8. The van der Waals surface area contributed by atoms with Crippen molar-refractivity contribution in [1.82, 2.24) is 10.6 Å². The molecule has 0 radical (unpaired) electrons. The Kier molecular flexibility index (Phi) is 6.45. The fraction of sp³-hybridized carbons (Fsp3) is 0.941. The first-order valence-corrected chi connectivity index (χ1v) is 9.92. The number of alkyl carbamates (subject to hydrolysis) is 1. The van der Waals surface area contributed by atoms with Crippen LogP contribution in [0.1, 0.15) is 59.3 Å². The maximum Gasteiger partial charge on any atom is 0.407 e. The summed E-state index contributed by atoms with van der Waals surface area (Å²) in [5.74, 6) is 0.542. The Hall–Kier alpha value is -0.420. The van der Waals surface area contributed by atoms with Crippen LogP contribution in [0.3, 0.4) is 0 Å². The highest BCUT2D eigenvalue weighted by molar-refractivity contribution is 7.99. The first kappa shape index (κ1) is 17.9. The van der Waals surface area contributed by atoms with Crippen LogP contribution in [0.5, 0.6) is 0 Å². The Morgan fingerprint density at radius 2 is 2.00 bits per heavy atom. The summed E-state index contributed by atoms with van der Waals surface area (Å²) in [7, 11) is 0. The number of carbonyl (C=O) groups is 1. The Morgan fingerprint density at radius 3 is 2.64 bits per heavy atom. The topological polar surface area (TPSA) is 50.4 Å². The van der Waals surface area contributed by atoms with E-state index in [1.54, 1.807) is 0 Å². The number of carbonyl (C=O) groups excluding carboxylic acids is 1. The zero-order valence-corrected chi connectivity index (χ0v) is 15.3. The minimum Gasteiger partial charge on any atom is -0.444 e. The van der Waals surface area contributed by atoms with Crippen LogP contribution in [0, 0.1) is 5.92 Å². The average Bonchev–Trinajstić information content (AvgIpc) is 3.04. The molecule has 2 aliphatic carbocycles. The molecule has 0 spiro atoms. The first-order valence-electron chi connectivity index (χ1n) is 8.63. The van der Waals surface area contributed by atoms with Crippen molar-refractivity contribution in [1.29, 1.82) is 0 Å². The summed E-state index contributed by atoms with van der Waals surface area (Å²) in [5.41, 5.74) is -0.423. The normalized spacial score (nSPS) is 32.2. The highest BCUT2D eigenvalue weighted by Crippen LogP contribution is 2.31. The van der Waals surface area contributed by atoms with E-state index in [0.717, 1.165) is 11.8 Å². The van der Waals surface area contributed by atoms with Crippen molar-refractivity contribution in [3.8, 4) is 0 Å². The third-order valence-electron chi connectivity index (χ3n) is 4.73. The molecule has 0 aliphatic heterocycles. The molecule has 5 heteroatoms. The van der Waals surface area contributed by atoms with E-state index in [0.29, 0.717) is 18.0 Å². The predicted molar refractivity (Wildman–Crippen MR) is 93.4 cm³/mol. The molecule has 0 aromatic carbocycles. The van der Waals surface area contributed by atoms with Crippen LogP contribution in [0.25, 0.3) is 0 Å². The second kappa shape index (κ2) is 7.91. The molecule has 2 aliphatic rings. The molecule has 2 fully saturated rings. The molecule has 2 N–H and O–H groups in total. The number of ether oxygens (including phenoxy) is 1. The summed E-state index contributed by atoms with van der Waals surface area (Å²) in [4.78, 5) is 11.8. The van der Waals surface area contributed by atoms with Crippen molar-refractivity contribution in [2.24, 2.45) is 5.92 Å². The molecule has 2 rings (SSSR count). The van der Waals surface area contributed by atoms with Gasteiger partial charge in [0.1, 0.15) is 5.60 Å².